The molecule has 11 nitrogen and oxygen atoms in total. The summed E-state index contributed by atoms with van der Waals surface area (Å²) in [6.07, 6.45) is 0. The highest BCUT2D eigenvalue weighted by atomic mass is 32.2. The van der Waals surface area contributed by atoms with Crippen LogP contribution in [0.4, 0.5) is 11.5 Å². The maximum Gasteiger partial charge on any atom is 0.330 e. The summed E-state index contributed by atoms with van der Waals surface area (Å²) < 4.78 is 3.01. The Morgan fingerprint density at radius 3 is 2.62 bits per heavy atom. The second-order valence-corrected chi connectivity index (χ2v) is 8.59. The van der Waals surface area contributed by atoms with E-state index < -0.39 is 11.2 Å². The number of nitrogen functional groups attached to an aromatic ring is 1. The molecule has 3 heterocycles. The lowest BCUT2D eigenvalue weighted by Gasteiger charge is -2.23. The third kappa shape index (κ3) is 4.44. The zero-order valence-electron chi connectivity index (χ0n) is 19.0. The summed E-state index contributed by atoms with van der Waals surface area (Å²) in [5.74, 6) is 0.0114. The molecule has 0 aliphatic heterocycles. The zero-order valence-corrected chi connectivity index (χ0v) is 19.8. The van der Waals surface area contributed by atoms with E-state index in [-0.39, 0.29) is 36.3 Å². The van der Waals surface area contributed by atoms with Crippen LogP contribution in [0.2, 0.25) is 0 Å². The first kappa shape index (κ1) is 23.2. The van der Waals surface area contributed by atoms with E-state index in [9.17, 15) is 14.4 Å². The van der Waals surface area contributed by atoms with Gasteiger partial charge in [-0.15, -0.1) is 10.2 Å². The molecule has 3 N–H and O–H groups in total. The molecular formula is C22H24N8O3S. The van der Waals surface area contributed by atoms with E-state index in [1.165, 1.54) is 21.2 Å². The Morgan fingerprint density at radius 2 is 1.91 bits per heavy atom. The Balaban J connectivity index is 1.62. The van der Waals surface area contributed by atoms with Crippen molar-refractivity contribution in [1.29, 1.82) is 0 Å². The molecule has 4 aromatic rings. The highest BCUT2D eigenvalue weighted by molar-refractivity contribution is 7.99. The minimum atomic E-state index is -0.713. The number of carbonyl (C=O) groups is 1. The van der Waals surface area contributed by atoms with Crippen molar-refractivity contribution < 1.29 is 4.79 Å². The van der Waals surface area contributed by atoms with Crippen LogP contribution in [0.25, 0.3) is 5.78 Å². The van der Waals surface area contributed by atoms with Gasteiger partial charge in [0, 0.05) is 17.9 Å². The third-order valence-electron chi connectivity index (χ3n) is 5.27. The van der Waals surface area contributed by atoms with Crippen LogP contribution in [-0.4, -0.2) is 47.3 Å². The molecule has 1 aromatic carbocycles. The Labute approximate surface area is 198 Å². The van der Waals surface area contributed by atoms with Gasteiger partial charge in [0.15, 0.2) is 10.8 Å². The van der Waals surface area contributed by atoms with Gasteiger partial charge in [0.2, 0.25) is 5.91 Å². The summed E-state index contributed by atoms with van der Waals surface area (Å²) in [5.41, 5.74) is 7.40. The smallest absolute Gasteiger partial charge is 0.330 e. The second kappa shape index (κ2) is 9.51. The minimum Gasteiger partial charge on any atom is -0.383 e. The number of hydrogen-bond donors (Lipinski definition) is 2. The van der Waals surface area contributed by atoms with Crippen molar-refractivity contribution in [2.75, 3.05) is 22.9 Å². The van der Waals surface area contributed by atoms with Gasteiger partial charge >= 0.3 is 5.69 Å². The number of anilines is 2. The fraction of sp³-hybridized carbons (Fsp3) is 0.273. The molecule has 0 bridgehead atoms. The average molecular weight is 481 g/mol. The van der Waals surface area contributed by atoms with Crippen molar-refractivity contribution in [3.63, 3.8) is 0 Å². The van der Waals surface area contributed by atoms with E-state index >= 15 is 0 Å². The number of nitrogens with two attached hydrogens (primary N) is 1. The molecule has 3 aromatic heterocycles. The molecule has 34 heavy (non-hydrogen) atoms. The molecule has 0 aliphatic rings. The maximum absolute atomic E-state index is 13.1. The predicted molar refractivity (Wildman–Crippen MR) is 130 cm³/mol. The zero-order chi connectivity index (χ0) is 24.4. The van der Waals surface area contributed by atoms with Crippen LogP contribution in [0, 0.1) is 13.8 Å². The topological polar surface area (TPSA) is 144 Å². The number of rotatable bonds is 7. The number of fused-ring (bicyclic) bond motifs is 1. The fourth-order valence-electron chi connectivity index (χ4n) is 3.72. The van der Waals surface area contributed by atoms with Crippen molar-refractivity contribution in [3.05, 3.63) is 74.2 Å². The van der Waals surface area contributed by atoms with Gasteiger partial charge < -0.3 is 10.6 Å². The molecule has 176 valence electrons. The number of benzene rings is 1. The Kier molecular flexibility index (Phi) is 6.50. The van der Waals surface area contributed by atoms with Crippen LogP contribution >= 0.6 is 11.8 Å². The lowest BCUT2D eigenvalue weighted by atomic mass is 10.2. The normalized spacial score (nSPS) is 11.1. The average Bonchev–Trinajstić information content (AvgIpc) is 3.21. The van der Waals surface area contributed by atoms with Gasteiger partial charge in [-0.25, -0.2) is 9.78 Å². The fourth-order valence-corrected chi connectivity index (χ4v) is 4.58. The Hall–Kier alpha value is -3.93. The number of aromatic amines is 1. The first-order valence-corrected chi connectivity index (χ1v) is 11.6. The highest BCUT2D eigenvalue weighted by Gasteiger charge is 2.24. The molecule has 0 fully saturated rings. The van der Waals surface area contributed by atoms with Crippen molar-refractivity contribution in [2.45, 2.75) is 32.5 Å². The van der Waals surface area contributed by atoms with E-state index in [4.69, 9.17) is 5.73 Å². The lowest BCUT2D eigenvalue weighted by molar-refractivity contribution is -0.116. The number of nitrogens with zero attached hydrogens (tertiary/aromatic N) is 6. The molecule has 0 atom stereocenters. The Morgan fingerprint density at radius 1 is 1.18 bits per heavy atom. The van der Waals surface area contributed by atoms with Crippen LogP contribution in [0.1, 0.15) is 23.9 Å². The monoisotopic (exact) mass is 480 g/mol. The van der Waals surface area contributed by atoms with Crippen molar-refractivity contribution in [2.24, 2.45) is 0 Å². The van der Waals surface area contributed by atoms with Crippen LogP contribution in [-0.2, 0) is 11.3 Å². The SMILES string of the molecule is CCN(C(=O)CSc1nnc2nc(C)cc(C)n12)c1c(N)n(Cc2ccccc2)c(=O)[nH]c1=O. The van der Waals surface area contributed by atoms with E-state index in [0.29, 0.717) is 10.9 Å². The van der Waals surface area contributed by atoms with Gasteiger partial charge in [-0.3, -0.25) is 23.5 Å². The first-order chi connectivity index (χ1) is 16.3. The highest BCUT2D eigenvalue weighted by Crippen LogP contribution is 2.22. The second-order valence-electron chi connectivity index (χ2n) is 7.65. The molecule has 0 saturated carbocycles. The van der Waals surface area contributed by atoms with Crippen molar-refractivity contribution in [1.82, 2.24) is 29.1 Å². The first-order valence-electron chi connectivity index (χ1n) is 10.6. The third-order valence-corrected chi connectivity index (χ3v) is 6.19. The largest absolute Gasteiger partial charge is 0.383 e. The predicted octanol–water partition coefficient (Wildman–Crippen LogP) is 1.37. The summed E-state index contributed by atoms with van der Waals surface area (Å²) in [6.45, 7) is 5.86. The summed E-state index contributed by atoms with van der Waals surface area (Å²) in [4.78, 5) is 46.2. The minimum absolute atomic E-state index is 0.0152. The summed E-state index contributed by atoms with van der Waals surface area (Å²) >= 11 is 1.18. The molecule has 12 heteroatoms. The number of aryl methyl sites for hydroxylation is 2. The van der Waals surface area contributed by atoms with Gasteiger partial charge in [-0.1, -0.05) is 42.1 Å². The molecule has 0 unspecified atom stereocenters. The van der Waals surface area contributed by atoms with Crippen molar-refractivity contribution in [3.8, 4) is 0 Å². The number of amides is 1. The summed E-state index contributed by atoms with van der Waals surface area (Å²) in [5, 5.41) is 8.73. The van der Waals surface area contributed by atoms with E-state index in [2.05, 4.69) is 20.2 Å². The molecule has 4 rings (SSSR count). The molecule has 0 aliphatic carbocycles. The van der Waals surface area contributed by atoms with Crippen LogP contribution in [0.3, 0.4) is 0 Å². The van der Waals surface area contributed by atoms with Crippen LogP contribution in [0.5, 0.6) is 0 Å². The maximum atomic E-state index is 13.1. The number of carbonyl (C=O) groups excluding carboxylic acids is 1. The number of nitrogens with one attached hydrogen (secondary N) is 1. The van der Waals surface area contributed by atoms with E-state index in [0.717, 1.165) is 17.0 Å². The number of H-pyrrole nitrogens is 1. The number of aromatic nitrogens is 6. The van der Waals surface area contributed by atoms with Gasteiger partial charge in [-0.2, -0.15) is 0 Å². The van der Waals surface area contributed by atoms with E-state index in [1.54, 1.807) is 11.3 Å². The standard InChI is InChI=1S/C22H24N8O3S/c1-4-28(16(31)12-34-22-27-26-20-24-13(2)10-14(3)30(20)22)17-18(23)29(21(33)25-19(17)32)11-15-8-6-5-7-9-15/h5-10H,4,11-12,23H2,1-3H3,(H,25,32,33). The van der Waals surface area contributed by atoms with E-state index in [1.807, 2.05) is 50.2 Å². The molecular weight excluding hydrogens is 456 g/mol. The lowest BCUT2D eigenvalue weighted by Crippen LogP contribution is -2.41. The molecule has 0 spiro atoms. The molecule has 1 amide bonds. The van der Waals surface area contributed by atoms with Gasteiger partial charge in [-0.05, 0) is 32.4 Å². The quantitative estimate of drug-likeness (QED) is 0.377. The molecule has 0 saturated heterocycles. The van der Waals surface area contributed by atoms with Crippen LogP contribution in [0.15, 0.2) is 51.1 Å². The summed E-state index contributed by atoms with van der Waals surface area (Å²) in [6, 6.07) is 11.1. The van der Waals surface area contributed by atoms with Gasteiger partial charge in [0.1, 0.15) is 5.82 Å². The number of hydrogen-bond acceptors (Lipinski definition) is 8. The number of thioether (sulfide) groups is 1. The van der Waals surface area contributed by atoms with Gasteiger partial charge in [0.25, 0.3) is 11.3 Å². The van der Waals surface area contributed by atoms with Crippen LogP contribution < -0.4 is 21.9 Å². The Bertz CT molecular complexity index is 1480. The van der Waals surface area contributed by atoms with Gasteiger partial charge in [0.05, 0.1) is 12.3 Å². The molecule has 0 radical (unpaired) electrons. The summed E-state index contributed by atoms with van der Waals surface area (Å²) in [7, 11) is 0. The van der Waals surface area contributed by atoms with Crippen molar-refractivity contribution >= 4 is 35.0 Å².